The molecule has 0 aliphatic heterocycles. The van der Waals surface area contributed by atoms with Crippen LogP contribution >= 0.6 is 11.6 Å². The number of H-pyrrole nitrogens is 1. The Labute approximate surface area is 123 Å². The molecule has 0 unspecified atom stereocenters. The Morgan fingerprint density at radius 1 is 1.15 bits per heavy atom. The normalized spacial score (nSPS) is 9.62. The van der Waals surface area contributed by atoms with Crippen LogP contribution in [-0.2, 0) is 0 Å². The van der Waals surface area contributed by atoms with E-state index >= 15 is 0 Å². The first-order chi connectivity index (χ1) is 5.75. The molecule has 4 heteroatoms. The van der Waals surface area contributed by atoms with Crippen LogP contribution in [0.2, 0.25) is 5.02 Å². The van der Waals surface area contributed by atoms with Crippen LogP contribution in [0.5, 0.6) is 0 Å². The van der Waals surface area contributed by atoms with Crippen molar-refractivity contribution in [3.63, 3.8) is 0 Å². The van der Waals surface area contributed by atoms with Gasteiger partial charge in [0, 0.05) is 68.0 Å². The summed E-state index contributed by atoms with van der Waals surface area (Å²) in [6.45, 7) is 0. The van der Waals surface area contributed by atoms with Crippen molar-refractivity contribution >= 4 is 73.9 Å². The first-order valence-corrected chi connectivity index (χ1v) is 3.92. The fraction of sp³-hybridized carbons (Fsp3) is 0. The number of fused-ring (bicyclic) bond motifs is 1. The predicted octanol–water partition coefficient (Wildman–Crippen LogP) is 1.80. The van der Waals surface area contributed by atoms with Gasteiger partial charge in [-0.3, -0.25) is 4.79 Å². The number of aromatic nitrogens is 1. The molecule has 13 heavy (non-hydrogen) atoms. The second-order valence-electron chi connectivity index (χ2n) is 2.55. The number of rotatable bonds is 0. The summed E-state index contributed by atoms with van der Waals surface area (Å²) in [5, 5.41) is 1.62. The van der Waals surface area contributed by atoms with Crippen molar-refractivity contribution < 1.29 is 0 Å². The minimum atomic E-state index is -0.0928. The second kappa shape index (κ2) is 4.73. The minimum absolute atomic E-state index is 0. The quantitative estimate of drug-likeness (QED) is 0.673. The summed E-state index contributed by atoms with van der Waals surface area (Å²) in [6.07, 6.45) is 0. The van der Waals surface area contributed by atoms with Gasteiger partial charge in [-0.1, -0.05) is 11.6 Å². The monoisotopic (exact) mass is 218 g/mol. The predicted molar refractivity (Wildman–Crippen MR) is 55.3 cm³/mol. The number of hydrogen-bond acceptors (Lipinski definition) is 1. The number of aromatic amines is 1. The molecule has 0 atom stereocenters. The zero-order chi connectivity index (χ0) is 8.55. The molecule has 2 nitrogen and oxygen atoms in total. The molecule has 0 amide bonds. The Morgan fingerprint density at radius 3 is 2.69 bits per heavy atom. The maximum atomic E-state index is 10.9. The van der Waals surface area contributed by atoms with Crippen molar-refractivity contribution in [2.45, 2.75) is 0 Å². The van der Waals surface area contributed by atoms with Crippen LogP contribution in [0.1, 0.15) is 0 Å². The number of nitrogens with one attached hydrogen (secondary N) is 1. The maximum absolute atomic E-state index is 10.9. The van der Waals surface area contributed by atoms with Crippen molar-refractivity contribution in [3.05, 3.63) is 45.7 Å². The van der Waals surface area contributed by atoms with Crippen molar-refractivity contribution in [2.24, 2.45) is 0 Å². The molecule has 0 aliphatic carbocycles. The van der Waals surface area contributed by atoms with Gasteiger partial charge in [0.05, 0.1) is 0 Å². The first-order valence-electron chi connectivity index (χ1n) is 3.54. The van der Waals surface area contributed by atoms with E-state index in [1.165, 1.54) is 6.07 Å². The van der Waals surface area contributed by atoms with Crippen LogP contribution in [0.25, 0.3) is 10.9 Å². The smallest absolute Gasteiger partial charge is 0.248 e. The third-order valence-corrected chi connectivity index (χ3v) is 1.92. The van der Waals surface area contributed by atoms with Gasteiger partial charge < -0.3 is 4.98 Å². The molecular formula is C9H6ClKNO. The average molecular weight is 219 g/mol. The minimum Gasteiger partial charge on any atom is -0.322 e. The number of pyridine rings is 1. The fourth-order valence-electron chi connectivity index (χ4n) is 1.13. The molecular weight excluding hydrogens is 213 g/mol. The summed E-state index contributed by atoms with van der Waals surface area (Å²) < 4.78 is 0. The second-order valence-corrected chi connectivity index (χ2v) is 2.99. The van der Waals surface area contributed by atoms with E-state index in [1.807, 2.05) is 6.07 Å². The molecule has 0 aliphatic rings. The van der Waals surface area contributed by atoms with E-state index in [4.69, 9.17) is 11.6 Å². The van der Waals surface area contributed by atoms with E-state index in [-0.39, 0.29) is 56.9 Å². The Balaban J connectivity index is 0.000000845. The Hall–Kier alpha value is 0.356. The van der Waals surface area contributed by atoms with Gasteiger partial charge in [-0.15, -0.1) is 0 Å². The summed E-state index contributed by atoms with van der Waals surface area (Å²) in [7, 11) is 0. The van der Waals surface area contributed by atoms with Gasteiger partial charge >= 0.3 is 0 Å². The molecule has 0 bridgehead atoms. The van der Waals surface area contributed by atoms with Gasteiger partial charge in [0.15, 0.2) is 0 Å². The number of benzene rings is 1. The van der Waals surface area contributed by atoms with Crippen LogP contribution in [0.4, 0.5) is 0 Å². The van der Waals surface area contributed by atoms with E-state index in [2.05, 4.69) is 4.98 Å². The molecule has 2 rings (SSSR count). The molecule has 1 aromatic heterocycles. The SMILES string of the molecule is O=c1ccc2cc(Cl)ccc2[nH]1.[K]. The van der Waals surface area contributed by atoms with Gasteiger partial charge in [-0.2, -0.15) is 0 Å². The molecule has 2 aromatic rings. The zero-order valence-electron chi connectivity index (χ0n) is 7.17. The van der Waals surface area contributed by atoms with Crippen LogP contribution in [-0.4, -0.2) is 56.4 Å². The van der Waals surface area contributed by atoms with Gasteiger partial charge in [0.25, 0.3) is 0 Å². The van der Waals surface area contributed by atoms with Crippen molar-refractivity contribution in [3.8, 4) is 0 Å². The van der Waals surface area contributed by atoms with E-state index < -0.39 is 0 Å². The third-order valence-electron chi connectivity index (χ3n) is 1.69. The van der Waals surface area contributed by atoms with Crippen LogP contribution in [0, 0.1) is 0 Å². The molecule has 0 fully saturated rings. The van der Waals surface area contributed by atoms with E-state index in [1.54, 1.807) is 18.2 Å². The van der Waals surface area contributed by atoms with Gasteiger partial charge in [-0.25, -0.2) is 0 Å². The van der Waals surface area contributed by atoms with Crippen LogP contribution in [0.3, 0.4) is 0 Å². The number of halogens is 1. The van der Waals surface area contributed by atoms with E-state index in [0.717, 1.165) is 10.9 Å². The summed E-state index contributed by atoms with van der Waals surface area (Å²) in [5.74, 6) is 0. The molecule has 0 saturated carbocycles. The standard InChI is InChI=1S/C9H6ClNO.K/c10-7-2-3-8-6(5-7)1-4-9(12)11-8;/h1-5H,(H,11,12);. The fourth-order valence-corrected chi connectivity index (χ4v) is 1.31. The molecule has 1 N–H and O–H groups in total. The molecule has 0 saturated heterocycles. The van der Waals surface area contributed by atoms with Crippen molar-refractivity contribution in [2.75, 3.05) is 0 Å². The summed E-state index contributed by atoms with van der Waals surface area (Å²) >= 11 is 5.77. The first kappa shape index (κ1) is 11.4. The summed E-state index contributed by atoms with van der Waals surface area (Å²) in [5.41, 5.74) is 0.719. The Kier molecular flexibility index (Phi) is 4.16. The van der Waals surface area contributed by atoms with E-state index in [9.17, 15) is 4.79 Å². The largest absolute Gasteiger partial charge is 0.322 e. The summed E-state index contributed by atoms with van der Waals surface area (Å²) in [4.78, 5) is 13.6. The van der Waals surface area contributed by atoms with Gasteiger partial charge in [0.1, 0.15) is 0 Å². The average Bonchev–Trinajstić information content (AvgIpc) is 2.05. The molecule has 1 heterocycles. The Bertz CT molecular complexity index is 480. The third kappa shape index (κ3) is 2.65. The Morgan fingerprint density at radius 2 is 1.92 bits per heavy atom. The molecule has 61 valence electrons. The molecule has 1 aromatic carbocycles. The molecule has 1 radical (unpaired) electrons. The van der Waals surface area contributed by atoms with Gasteiger partial charge in [-0.05, 0) is 29.7 Å². The van der Waals surface area contributed by atoms with Gasteiger partial charge in [0.2, 0.25) is 5.56 Å². The van der Waals surface area contributed by atoms with E-state index in [0.29, 0.717) is 5.02 Å². The molecule has 0 spiro atoms. The topological polar surface area (TPSA) is 32.9 Å². The van der Waals surface area contributed by atoms with Crippen LogP contribution in [0.15, 0.2) is 35.1 Å². The van der Waals surface area contributed by atoms with Crippen molar-refractivity contribution in [1.29, 1.82) is 0 Å². The maximum Gasteiger partial charge on any atom is 0.248 e. The number of hydrogen-bond donors (Lipinski definition) is 1. The summed E-state index contributed by atoms with van der Waals surface area (Å²) in [6, 6.07) is 8.59. The van der Waals surface area contributed by atoms with Crippen LogP contribution < -0.4 is 5.56 Å². The zero-order valence-corrected chi connectivity index (χ0v) is 11.1. The van der Waals surface area contributed by atoms with Crippen molar-refractivity contribution in [1.82, 2.24) is 4.98 Å².